The molecule has 1 saturated heterocycles. The average molecular weight is 562 g/mol. The van der Waals surface area contributed by atoms with Gasteiger partial charge in [0, 0.05) is 30.5 Å². The van der Waals surface area contributed by atoms with Gasteiger partial charge in [0.25, 0.3) is 0 Å². The normalized spacial score (nSPS) is 16.7. The zero-order valence-electron chi connectivity index (χ0n) is 18.0. The van der Waals surface area contributed by atoms with E-state index in [9.17, 15) is 0 Å². The highest BCUT2D eigenvalue weighted by Crippen LogP contribution is 2.20. The summed E-state index contributed by atoms with van der Waals surface area (Å²) in [5.41, 5.74) is 2.38. The second kappa shape index (κ2) is 12.8. The van der Waals surface area contributed by atoms with Crippen LogP contribution >= 0.6 is 46.9 Å². The predicted molar refractivity (Wildman–Crippen MR) is 139 cm³/mol. The Morgan fingerprint density at radius 1 is 1.37 bits per heavy atom. The molecule has 1 aliphatic heterocycles. The fourth-order valence-electron chi connectivity index (χ4n) is 3.66. The lowest BCUT2D eigenvalue weighted by Crippen LogP contribution is -2.43. The molecule has 1 aromatic heterocycles. The number of hydrogen-bond acceptors (Lipinski definition) is 4. The predicted octanol–water partition coefficient (Wildman–Crippen LogP) is 5.12. The van der Waals surface area contributed by atoms with Crippen LogP contribution in [0.3, 0.4) is 0 Å². The van der Waals surface area contributed by atoms with E-state index < -0.39 is 0 Å². The number of guanidine groups is 1. The summed E-state index contributed by atoms with van der Waals surface area (Å²) in [4.78, 5) is 11.6. The fraction of sp³-hybridized carbons (Fsp3) is 0.545. The molecule has 0 spiro atoms. The van der Waals surface area contributed by atoms with E-state index in [-0.39, 0.29) is 30.0 Å². The summed E-state index contributed by atoms with van der Waals surface area (Å²) >= 11 is 7.89. The number of thiazole rings is 1. The van der Waals surface area contributed by atoms with Crippen molar-refractivity contribution in [3.05, 3.63) is 50.9 Å². The van der Waals surface area contributed by atoms with Gasteiger partial charge >= 0.3 is 0 Å². The Hall–Kier alpha value is -0.900. The van der Waals surface area contributed by atoms with Crippen LogP contribution in [0.1, 0.15) is 49.0 Å². The molecular weight excluding hydrogens is 529 g/mol. The molecule has 5 nitrogen and oxygen atoms in total. The maximum absolute atomic E-state index is 6.11. The molecule has 0 aliphatic carbocycles. The molecule has 2 aromatic rings. The van der Waals surface area contributed by atoms with E-state index >= 15 is 0 Å². The second-order valence-electron chi connectivity index (χ2n) is 7.68. The van der Waals surface area contributed by atoms with Crippen molar-refractivity contribution in [1.29, 1.82) is 0 Å². The summed E-state index contributed by atoms with van der Waals surface area (Å²) in [5, 5.41) is 11.2. The number of rotatable bonds is 7. The van der Waals surface area contributed by atoms with Crippen molar-refractivity contribution in [1.82, 2.24) is 20.5 Å². The third-order valence-corrected chi connectivity index (χ3v) is 6.76. The fourth-order valence-corrected chi connectivity index (χ4v) is 4.60. The highest BCUT2D eigenvalue weighted by Gasteiger charge is 2.20. The van der Waals surface area contributed by atoms with Crippen LogP contribution in [0, 0.1) is 5.92 Å². The number of likely N-dealkylation sites (tertiary alicyclic amines) is 1. The topological polar surface area (TPSA) is 52.6 Å². The van der Waals surface area contributed by atoms with Crippen LogP contribution in [0.4, 0.5) is 0 Å². The van der Waals surface area contributed by atoms with E-state index in [4.69, 9.17) is 16.6 Å². The van der Waals surface area contributed by atoms with Crippen molar-refractivity contribution in [2.75, 3.05) is 26.7 Å². The molecule has 166 valence electrons. The Balaban J connectivity index is 0.00000320. The van der Waals surface area contributed by atoms with E-state index in [1.54, 1.807) is 11.3 Å². The summed E-state index contributed by atoms with van der Waals surface area (Å²) in [6.45, 7) is 8.50. The quantitative estimate of drug-likeness (QED) is 0.280. The van der Waals surface area contributed by atoms with Gasteiger partial charge in [-0.15, -0.1) is 35.3 Å². The Bertz CT molecular complexity index is 804. The van der Waals surface area contributed by atoms with Crippen molar-refractivity contribution in [3.8, 4) is 0 Å². The van der Waals surface area contributed by atoms with Gasteiger partial charge in [0.2, 0.25) is 0 Å². The van der Waals surface area contributed by atoms with Crippen LogP contribution in [-0.4, -0.2) is 42.5 Å². The lowest BCUT2D eigenvalue weighted by molar-refractivity contribution is 0.176. The first-order chi connectivity index (χ1) is 14.1. The molecule has 0 amide bonds. The minimum absolute atomic E-state index is 0. The van der Waals surface area contributed by atoms with Crippen molar-refractivity contribution >= 4 is 52.9 Å². The lowest BCUT2D eigenvalue weighted by atomic mass is 9.97. The number of halogens is 2. The number of hydrogen-bond donors (Lipinski definition) is 2. The van der Waals surface area contributed by atoms with E-state index in [0.29, 0.717) is 5.92 Å². The molecule has 1 aromatic carbocycles. The van der Waals surface area contributed by atoms with Gasteiger partial charge in [0.1, 0.15) is 0 Å². The van der Waals surface area contributed by atoms with Crippen LogP contribution in [0.5, 0.6) is 0 Å². The number of aliphatic imine (C=N–C) groups is 1. The molecule has 1 fully saturated rings. The SMILES string of the molecule is CCc1nc(CN2CCC(CNC(=NC)NC(C)c3cccc(Cl)c3)CC2)cs1.I. The van der Waals surface area contributed by atoms with Gasteiger partial charge in [-0.2, -0.15) is 0 Å². The zero-order valence-corrected chi connectivity index (χ0v) is 21.9. The number of nitrogens with one attached hydrogen (secondary N) is 2. The highest BCUT2D eigenvalue weighted by atomic mass is 127. The van der Waals surface area contributed by atoms with Gasteiger partial charge < -0.3 is 10.6 Å². The van der Waals surface area contributed by atoms with Gasteiger partial charge in [0.15, 0.2) is 5.96 Å². The highest BCUT2D eigenvalue weighted by molar-refractivity contribution is 14.0. The van der Waals surface area contributed by atoms with Gasteiger partial charge in [-0.3, -0.25) is 9.89 Å². The minimum atomic E-state index is 0. The summed E-state index contributed by atoms with van der Waals surface area (Å²) < 4.78 is 0. The molecule has 3 rings (SSSR count). The maximum Gasteiger partial charge on any atom is 0.191 e. The second-order valence-corrected chi connectivity index (χ2v) is 9.06. The summed E-state index contributed by atoms with van der Waals surface area (Å²) in [6, 6.07) is 8.10. The zero-order chi connectivity index (χ0) is 20.6. The van der Waals surface area contributed by atoms with Gasteiger partial charge in [0.05, 0.1) is 16.7 Å². The molecule has 0 saturated carbocycles. The first kappa shape index (κ1) is 25.4. The van der Waals surface area contributed by atoms with Crippen molar-refractivity contribution in [2.45, 2.75) is 45.7 Å². The van der Waals surface area contributed by atoms with Crippen LogP contribution in [0.15, 0.2) is 34.6 Å². The summed E-state index contributed by atoms with van der Waals surface area (Å²) in [5.74, 6) is 1.52. The Morgan fingerprint density at radius 2 is 2.13 bits per heavy atom. The van der Waals surface area contributed by atoms with E-state index in [0.717, 1.165) is 49.1 Å². The first-order valence-electron chi connectivity index (χ1n) is 10.5. The number of aryl methyl sites for hydroxylation is 1. The third kappa shape index (κ3) is 7.66. The van der Waals surface area contributed by atoms with Crippen LogP contribution in [0.25, 0.3) is 0 Å². The molecule has 0 radical (unpaired) electrons. The number of benzene rings is 1. The van der Waals surface area contributed by atoms with Crippen LogP contribution in [-0.2, 0) is 13.0 Å². The van der Waals surface area contributed by atoms with Crippen molar-refractivity contribution in [3.63, 3.8) is 0 Å². The number of piperidine rings is 1. The van der Waals surface area contributed by atoms with Gasteiger partial charge in [-0.25, -0.2) is 4.98 Å². The third-order valence-electron chi connectivity index (χ3n) is 5.48. The van der Waals surface area contributed by atoms with E-state index in [1.807, 2.05) is 25.2 Å². The molecular formula is C22H33ClIN5S. The standard InChI is InChI=1S/C22H32ClN5S.HI/c1-4-21-27-20(15-29-21)14-28-10-8-17(9-11-28)13-25-22(24-3)26-16(2)18-6-5-7-19(23)12-18;/h5-7,12,15-17H,4,8-11,13-14H2,1-3H3,(H2,24,25,26);1H. The molecule has 30 heavy (non-hydrogen) atoms. The van der Waals surface area contributed by atoms with Crippen molar-refractivity contribution in [2.24, 2.45) is 10.9 Å². The smallest absolute Gasteiger partial charge is 0.191 e. The monoisotopic (exact) mass is 561 g/mol. The minimum Gasteiger partial charge on any atom is -0.356 e. The molecule has 0 bridgehead atoms. The lowest BCUT2D eigenvalue weighted by Gasteiger charge is -2.32. The van der Waals surface area contributed by atoms with Gasteiger partial charge in [-0.1, -0.05) is 30.7 Å². The summed E-state index contributed by atoms with van der Waals surface area (Å²) in [7, 11) is 1.82. The van der Waals surface area contributed by atoms with Crippen LogP contribution in [0.2, 0.25) is 5.02 Å². The number of aromatic nitrogens is 1. The average Bonchev–Trinajstić information content (AvgIpc) is 3.19. The molecule has 2 heterocycles. The van der Waals surface area contributed by atoms with Crippen molar-refractivity contribution < 1.29 is 0 Å². The van der Waals surface area contributed by atoms with E-state index in [2.05, 4.69) is 45.8 Å². The Morgan fingerprint density at radius 3 is 2.77 bits per heavy atom. The molecule has 2 N–H and O–H groups in total. The number of nitrogens with zero attached hydrogens (tertiary/aromatic N) is 3. The van der Waals surface area contributed by atoms with Crippen LogP contribution < -0.4 is 10.6 Å². The summed E-state index contributed by atoms with van der Waals surface area (Å²) in [6.07, 6.45) is 3.45. The Kier molecular flexibility index (Phi) is 10.8. The Labute approximate surface area is 206 Å². The molecule has 8 heteroatoms. The van der Waals surface area contributed by atoms with Gasteiger partial charge in [-0.05, 0) is 62.9 Å². The molecule has 1 aliphatic rings. The molecule has 1 atom stereocenters. The maximum atomic E-state index is 6.11. The largest absolute Gasteiger partial charge is 0.356 e. The molecule has 1 unspecified atom stereocenters. The van der Waals surface area contributed by atoms with E-state index in [1.165, 1.54) is 23.5 Å². The first-order valence-corrected chi connectivity index (χ1v) is 11.7.